The predicted molar refractivity (Wildman–Crippen MR) is 98.4 cm³/mol. The van der Waals surface area contributed by atoms with Crippen LogP contribution in [0.5, 0.6) is 0 Å². The van der Waals surface area contributed by atoms with Gasteiger partial charge in [0, 0.05) is 11.6 Å². The summed E-state index contributed by atoms with van der Waals surface area (Å²) in [6.07, 6.45) is 2.33. The molecule has 1 heterocycles. The SMILES string of the molecule is Cc1ccc(S(=O)(=O)n2ccc3c(C4CC(O)C4)c(C)cc(F)c32)cc1. The Morgan fingerprint density at radius 2 is 1.77 bits per heavy atom. The van der Waals surface area contributed by atoms with Crippen LogP contribution in [0, 0.1) is 19.7 Å². The zero-order valence-electron chi connectivity index (χ0n) is 14.6. The summed E-state index contributed by atoms with van der Waals surface area (Å²) in [5, 5.41) is 10.2. The molecule has 0 radical (unpaired) electrons. The van der Waals surface area contributed by atoms with Crippen molar-refractivity contribution in [2.75, 3.05) is 0 Å². The second-order valence-electron chi connectivity index (χ2n) is 7.10. The number of rotatable bonds is 3. The maximum Gasteiger partial charge on any atom is 0.268 e. The number of hydrogen-bond donors (Lipinski definition) is 1. The van der Waals surface area contributed by atoms with Crippen LogP contribution in [0.25, 0.3) is 10.9 Å². The molecule has 3 aromatic rings. The van der Waals surface area contributed by atoms with E-state index in [4.69, 9.17) is 0 Å². The fourth-order valence-electron chi connectivity index (χ4n) is 3.80. The van der Waals surface area contributed by atoms with E-state index in [1.54, 1.807) is 18.2 Å². The van der Waals surface area contributed by atoms with Crippen LogP contribution < -0.4 is 0 Å². The van der Waals surface area contributed by atoms with Gasteiger partial charge >= 0.3 is 0 Å². The average molecular weight is 373 g/mol. The molecule has 0 spiro atoms. The van der Waals surface area contributed by atoms with Gasteiger partial charge in [-0.2, -0.15) is 0 Å². The minimum Gasteiger partial charge on any atom is -0.393 e. The van der Waals surface area contributed by atoms with Crippen molar-refractivity contribution in [1.82, 2.24) is 3.97 Å². The Morgan fingerprint density at radius 1 is 1.12 bits per heavy atom. The summed E-state index contributed by atoms with van der Waals surface area (Å²) < 4.78 is 41.8. The van der Waals surface area contributed by atoms with Gasteiger partial charge < -0.3 is 5.11 Å². The van der Waals surface area contributed by atoms with E-state index in [2.05, 4.69) is 0 Å². The molecule has 1 saturated carbocycles. The Bertz CT molecular complexity index is 1090. The average Bonchev–Trinajstić information content (AvgIpc) is 2.99. The predicted octanol–water partition coefficient (Wildman–Crippen LogP) is 3.87. The van der Waals surface area contributed by atoms with Crippen molar-refractivity contribution in [3.8, 4) is 0 Å². The number of benzene rings is 2. The van der Waals surface area contributed by atoms with E-state index in [1.807, 2.05) is 13.8 Å². The highest BCUT2D eigenvalue weighted by atomic mass is 32.2. The molecule has 6 heteroatoms. The van der Waals surface area contributed by atoms with E-state index >= 15 is 0 Å². The lowest BCUT2D eigenvalue weighted by Gasteiger charge is -2.33. The summed E-state index contributed by atoms with van der Waals surface area (Å²) >= 11 is 0. The van der Waals surface area contributed by atoms with Gasteiger partial charge in [-0.1, -0.05) is 17.7 Å². The molecule has 1 fully saturated rings. The van der Waals surface area contributed by atoms with Crippen LogP contribution in [-0.4, -0.2) is 23.6 Å². The molecule has 0 aliphatic heterocycles. The van der Waals surface area contributed by atoms with Crippen LogP contribution in [0.2, 0.25) is 0 Å². The monoisotopic (exact) mass is 373 g/mol. The maximum absolute atomic E-state index is 14.8. The van der Waals surface area contributed by atoms with E-state index in [-0.39, 0.29) is 22.4 Å². The van der Waals surface area contributed by atoms with Gasteiger partial charge in [-0.3, -0.25) is 0 Å². The molecule has 4 rings (SSSR count). The minimum absolute atomic E-state index is 0.0764. The first-order chi connectivity index (χ1) is 12.3. The van der Waals surface area contributed by atoms with E-state index in [0.717, 1.165) is 20.7 Å². The summed E-state index contributed by atoms with van der Waals surface area (Å²) in [6.45, 7) is 3.71. The molecule has 0 amide bonds. The standard InChI is InChI=1S/C20H20FNO3S/c1-12-3-5-16(6-4-12)26(24,25)22-8-7-17-19(14-10-15(23)11-14)13(2)9-18(21)20(17)22/h3-9,14-15,23H,10-11H2,1-2H3. The van der Waals surface area contributed by atoms with Crippen LogP contribution in [-0.2, 0) is 10.0 Å². The van der Waals surface area contributed by atoms with Crippen LogP contribution in [0.15, 0.2) is 47.5 Å². The highest BCUT2D eigenvalue weighted by Gasteiger charge is 2.32. The van der Waals surface area contributed by atoms with Gasteiger partial charge in [0.25, 0.3) is 10.0 Å². The van der Waals surface area contributed by atoms with Crippen molar-refractivity contribution >= 4 is 20.9 Å². The minimum atomic E-state index is -3.89. The number of aromatic nitrogens is 1. The van der Waals surface area contributed by atoms with Crippen LogP contribution in [0.3, 0.4) is 0 Å². The number of hydrogen-bond acceptors (Lipinski definition) is 3. The van der Waals surface area contributed by atoms with Crippen LogP contribution >= 0.6 is 0 Å². The number of aliphatic hydroxyl groups excluding tert-OH is 1. The number of nitrogens with zero attached hydrogens (tertiary/aromatic N) is 1. The summed E-state index contributed by atoms with van der Waals surface area (Å²) in [5.74, 6) is -0.423. The lowest BCUT2D eigenvalue weighted by atomic mass is 9.75. The Balaban J connectivity index is 1.92. The molecule has 136 valence electrons. The topological polar surface area (TPSA) is 59.3 Å². The molecule has 1 N–H and O–H groups in total. The van der Waals surface area contributed by atoms with Crippen molar-refractivity contribution in [1.29, 1.82) is 0 Å². The number of halogens is 1. The fourth-order valence-corrected chi connectivity index (χ4v) is 5.16. The highest BCUT2D eigenvalue weighted by molar-refractivity contribution is 7.90. The third kappa shape index (κ3) is 2.56. The highest BCUT2D eigenvalue weighted by Crippen LogP contribution is 2.43. The third-order valence-electron chi connectivity index (χ3n) is 5.24. The molecule has 26 heavy (non-hydrogen) atoms. The van der Waals surface area contributed by atoms with E-state index < -0.39 is 15.8 Å². The molecular weight excluding hydrogens is 353 g/mol. The van der Waals surface area contributed by atoms with E-state index in [9.17, 15) is 17.9 Å². The summed E-state index contributed by atoms with van der Waals surface area (Å²) in [7, 11) is -3.89. The Kier molecular flexibility index (Phi) is 3.93. The molecule has 4 nitrogen and oxygen atoms in total. The first kappa shape index (κ1) is 17.2. The van der Waals surface area contributed by atoms with Gasteiger partial charge in [-0.05, 0) is 68.0 Å². The first-order valence-corrected chi connectivity index (χ1v) is 10.0. The molecule has 0 saturated heterocycles. The van der Waals surface area contributed by atoms with Gasteiger partial charge in [0.05, 0.1) is 16.5 Å². The lowest BCUT2D eigenvalue weighted by Crippen LogP contribution is -2.27. The van der Waals surface area contributed by atoms with Crippen molar-refractivity contribution in [2.24, 2.45) is 0 Å². The smallest absolute Gasteiger partial charge is 0.268 e. The van der Waals surface area contributed by atoms with Crippen molar-refractivity contribution < 1.29 is 17.9 Å². The van der Waals surface area contributed by atoms with Gasteiger partial charge in [-0.15, -0.1) is 0 Å². The third-order valence-corrected chi connectivity index (χ3v) is 6.93. The summed E-state index contributed by atoms with van der Waals surface area (Å²) in [6, 6.07) is 9.57. The lowest BCUT2D eigenvalue weighted by molar-refractivity contribution is 0.0749. The van der Waals surface area contributed by atoms with E-state index in [0.29, 0.717) is 18.2 Å². The number of aryl methyl sites for hydroxylation is 2. The van der Waals surface area contributed by atoms with Gasteiger partial charge in [0.1, 0.15) is 5.82 Å². The second-order valence-corrected chi connectivity index (χ2v) is 8.92. The molecule has 2 aromatic carbocycles. The zero-order chi connectivity index (χ0) is 18.6. The van der Waals surface area contributed by atoms with Crippen LogP contribution in [0.4, 0.5) is 4.39 Å². The Labute approximate surface area is 151 Å². The molecule has 0 bridgehead atoms. The number of aliphatic hydroxyl groups is 1. The molecular formula is C20H20FNO3S. The largest absolute Gasteiger partial charge is 0.393 e. The Hall–Kier alpha value is -2.18. The quantitative estimate of drug-likeness (QED) is 0.758. The van der Waals surface area contributed by atoms with E-state index in [1.165, 1.54) is 24.4 Å². The molecule has 1 aromatic heterocycles. The fraction of sp³-hybridized carbons (Fsp3) is 0.300. The first-order valence-electron chi connectivity index (χ1n) is 8.59. The normalized spacial score (nSPS) is 20.3. The molecule has 0 atom stereocenters. The van der Waals surface area contributed by atoms with Crippen molar-refractivity contribution in [2.45, 2.75) is 43.6 Å². The van der Waals surface area contributed by atoms with Crippen LogP contribution in [0.1, 0.15) is 35.4 Å². The molecule has 1 aliphatic carbocycles. The van der Waals surface area contributed by atoms with Gasteiger partial charge in [0.2, 0.25) is 0 Å². The summed E-state index contributed by atoms with van der Waals surface area (Å²) in [4.78, 5) is 0.126. The summed E-state index contributed by atoms with van der Waals surface area (Å²) in [5.41, 5.74) is 2.75. The molecule has 0 unspecified atom stereocenters. The second kappa shape index (κ2) is 5.93. The number of fused-ring (bicyclic) bond motifs is 1. The Morgan fingerprint density at radius 3 is 2.38 bits per heavy atom. The maximum atomic E-state index is 14.8. The van der Waals surface area contributed by atoms with Crippen molar-refractivity contribution in [3.63, 3.8) is 0 Å². The van der Waals surface area contributed by atoms with Crippen molar-refractivity contribution in [3.05, 3.63) is 65.1 Å². The zero-order valence-corrected chi connectivity index (χ0v) is 15.4. The van der Waals surface area contributed by atoms with Gasteiger partial charge in [-0.25, -0.2) is 16.8 Å². The van der Waals surface area contributed by atoms with Gasteiger partial charge in [0.15, 0.2) is 0 Å². The molecule has 1 aliphatic rings.